The van der Waals surface area contributed by atoms with Crippen molar-refractivity contribution in [3.05, 3.63) is 29.3 Å². The van der Waals surface area contributed by atoms with Crippen LogP contribution in [0.15, 0.2) is 18.2 Å². The summed E-state index contributed by atoms with van der Waals surface area (Å²) in [5.41, 5.74) is 7.32. The third kappa shape index (κ3) is 6.28. The molecule has 0 spiro atoms. The number of ether oxygens (including phenoxy) is 2. The Morgan fingerprint density at radius 3 is 2.53 bits per heavy atom. The highest BCUT2D eigenvalue weighted by atomic mass is 16.5. The molecule has 104 valence electrons. The third-order valence-corrected chi connectivity index (χ3v) is 2.41. The molecule has 1 aromatic carbocycles. The second-order valence-electron chi connectivity index (χ2n) is 5.29. The second kappa shape index (κ2) is 7.18. The second-order valence-corrected chi connectivity index (χ2v) is 5.29. The number of rotatable bonds is 4. The van der Waals surface area contributed by atoms with Crippen molar-refractivity contribution >= 4 is 0 Å². The molecular formula is C16H23NO2. The lowest BCUT2D eigenvalue weighted by Gasteiger charge is -2.19. The smallest absolute Gasteiger partial charge is 0.119 e. The molecule has 0 aliphatic rings. The first kappa shape index (κ1) is 15.6. The van der Waals surface area contributed by atoms with Gasteiger partial charge in [0.1, 0.15) is 12.4 Å². The zero-order valence-corrected chi connectivity index (χ0v) is 12.2. The molecule has 0 atom stereocenters. The van der Waals surface area contributed by atoms with E-state index < -0.39 is 0 Å². The van der Waals surface area contributed by atoms with Crippen molar-refractivity contribution in [3.8, 4) is 17.6 Å². The number of hydrogen-bond donors (Lipinski definition) is 1. The standard InChI is InChI=1S/C16H23NO2/c1-13-12-15(8-7-14(13)6-5-9-17)18-10-11-19-16(2,3)4/h7-8,12H,9-11,17H2,1-4H3. The average molecular weight is 261 g/mol. The topological polar surface area (TPSA) is 44.5 Å². The van der Waals surface area contributed by atoms with Crippen molar-refractivity contribution in [2.75, 3.05) is 19.8 Å². The summed E-state index contributed by atoms with van der Waals surface area (Å²) in [6, 6.07) is 5.86. The van der Waals surface area contributed by atoms with Gasteiger partial charge in [-0.05, 0) is 51.5 Å². The number of benzene rings is 1. The van der Waals surface area contributed by atoms with E-state index in [1.165, 1.54) is 0 Å². The highest BCUT2D eigenvalue weighted by molar-refractivity contribution is 5.44. The van der Waals surface area contributed by atoms with E-state index in [9.17, 15) is 0 Å². The van der Waals surface area contributed by atoms with Gasteiger partial charge in [0, 0.05) is 5.56 Å². The normalized spacial score (nSPS) is 10.8. The fraction of sp³-hybridized carbons (Fsp3) is 0.500. The van der Waals surface area contributed by atoms with Gasteiger partial charge in [-0.25, -0.2) is 0 Å². The third-order valence-electron chi connectivity index (χ3n) is 2.41. The number of aryl methyl sites for hydroxylation is 1. The van der Waals surface area contributed by atoms with Gasteiger partial charge in [-0.1, -0.05) is 11.8 Å². The van der Waals surface area contributed by atoms with Crippen LogP contribution < -0.4 is 10.5 Å². The molecule has 1 rings (SSSR count). The zero-order valence-electron chi connectivity index (χ0n) is 12.2. The quantitative estimate of drug-likeness (QED) is 0.669. The van der Waals surface area contributed by atoms with E-state index >= 15 is 0 Å². The minimum Gasteiger partial charge on any atom is -0.491 e. The van der Waals surface area contributed by atoms with Gasteiger partial charge in [0.25, 0.3) is 0 Å². The predicted molar refractivity (Wildman–Crippen MR) is 78.3 cm³/mol. The molecule has 2 N–H and O–H groups in total. The minimum atomic E-state index is -0.124. The largest absolute Gasteiger partial charge is 0.491 e. The molecule has 0 bridgehead atoms. The summed E-state index contributed by atoms with van der Waals surface area (Å²) in [7, 11) is 0. The SMILES string of the molecule is Cc1cc(OCCOC(C)(C)C)ccc1C#CCN. The summed E-state index contributed by atoms with van der Waals surface area (Å²) >= 11 is 0. The number of hydrogen-bond acceptors (Lipinski definition) is 3. The fourth-order valence-corrected chi connectivity index (χ4v) is 1.52. The van der Waals surface area contributed by atoms with Crippen LogP contribution in [0.3, 0.4) is 0 Å². The lowest BCUT2D eigenvalue weighted by atomic mass is 10.1. The first-order chi connectivity index (χ1) is 8.92. The monoisotopic (exact) mass is 261 g/mol. The first-order valence-electron chi connectivity index (χ1n) is 6.49. The Labute approximate surface area is 116 Å². The van der Waals surface area contributed by atoms with Crippen molar-refractivity contribution in [1.29, 1.82) is 0 Å². The van der Waals surface area contributed by atoms with Gasteiger partial charge in [0.2, 0.25) is 0 Å². The molecule has 0 aromatic heterocycles. The Morgan fingerprint density at radius 2 is 1.95 bits per heavy atom. The predicted octanol–water partition coefficient (Wildman–Crippen LogP) is 2.50. The molecule has 0 heterocycles. The summed E-state index contributed by atoms with van der Waals surface area (Å²) in [4.78, 5) is 0. The highest BCUT2D eigenvalue weighted by Crippen LogP contribution is 2.16. The summed E-state index contributed by atoms with van der Waals surface area (Å²) in [5, 5.41) is 0. The summed E-state index contributed by atoms with van der Waals surface area (Å²) in [6.45, 7) is 9.61. The Kier molecular flexibility index (Phi) is 5.88. The van der Waals surface area contributed by atoms with Gasteiger partial charge in [-0.15, -0.1) is 0 Å². The molecule has 3 nitrogen and oxygen atoms in total. The van der Waals surface area contributed by atoms with Crippen molar-refractivity contribution in [2.24, 2.45) is 5.73 Å². The van der Waals surface area contributed by atoms with Crippen LogP contribution in [0.4, 0.5) is 0 Å². The van der Waals surface area contributed by atoms with E-state index in [-0.39, 0.29) is 5.60 Å². The van der Waals surface area contributed by atoms with Crippen LogP contribution in [0.25, 0.3) is 0 Å². The fourth-order valence-electron chi connectivity index (χ4n) is 1.52. The summed E-state index contributed by atoms with van der Waals surface area (Å²) in [6.07, 6.45) is 0. The minimum absolute atomic E-state index is 0.124. The molecular weight excluding hydrogens is 238 g/mol. The molecule has 0 amide bonds. The van der Waals surface area contributed by atoms with Crippen LogP contribution in [0.1, 0.15) is 31.9 Å². The highest BCUT2D eigenvalue weighted by Gasteiger charge is 2.09. The van der Waals surface area contributed by atoms with E-state index in [0.717, 1.165) is 16.9 Å². The van der Waals surface area contributed by atoms with Gasteiger partial charge in [0.15, 0.2) is 0 Å². The average Bonchev–Trinajstić information content (AvgIpc) is 2.32. The van der Waals surface area contributed by atoms with E-state index in [2.05, 4.69) is 11.8 Å². The van der Waals surface area contributed by atoms with Crippen LogP contribution in [0.5, 0.6) is 5.75 Å². The van der Waals surface area contributed by atoms with Crippen LogP contribution in [0, 0.1) is 18.8 Å². The van der Waals surface area contributed by atoms with E-state index in [4.69, 9.17) is 15.2 Å². The molecule has 0 unspecified atom stereocenters. The van der Waals surface area contributed by atoms with Crippen molar-refractivity contribution < 1.29 is 9.47 Å². The van der Waals surface area contributed by atoms with Gasteiger partial charge in [-0.2, -0.15) is 0 Å². The van der Waals surface area contributed by atoms with Gasteiger partial charge < -0.3 is 15.2 Å². The molecule has 0 aliphatic carbocycles. The lowest BCUT2D eigenvalue weighted by Crippen LogP contribution is -2.22. The molecule has 1 aromatic rings. The van der Waals surface area contributed by atoms with E-state index in [1.807, 2.05) is 45.9 Å². The molecule has 0 saturated carbocycles. The Bertz CT molecular complexity index is 464. The van der Waals surface area contributed by atoms with Crippen molar-refractivity contribution in [3.63, 3.8) is 0 Å². The zero-order chi connectivity index (χ0) is 14.3. The maximum atomic E-state index is 5.64. The van der Waals surface area contributed by atoms with Crippen LogP contribution in [-0.4, -0.2) is 25.4 Å². The van der Waals surface area contributed by atoms with Crippen LogP contribution >= 0.6 is 0 Å². The van der Waals surface area contributed by atoms with Gasteiger partial charge >= 0.3 is 0 Å². The van der Waals surface area contributed by atoms with Gasteiger partial charge in [-0.3, -0.25) is 0 Å². The number of nitrogens with two attached hydrogens (primary N) is 1. The van der Waals surface area contributed by atoms with Gasteiger partial charge in [0.05, 0.1) is 18.8 Å². The Morgan fingerprint density at radius 1 is 1.21 bits per heavy atom. The Hall–Kier alpha value is -1.50. The van der Waals surface area contributed by atoms with E-state index in [1.54, 1.807) is 0 Å². The molecule has 0 fully saturated rings. The van der Waals surface area contributed by atoms with Crippen molar-refractivity contribution in [2.45, 2.75) is 33.3 Å². The maximum Gasteiger partial charge on any atom is 0.119 e. The van der Waals surface area contributed by atoms with Crippen LogP contribution in [0.2, 0.25) is 0 Å². The first-order valence-corrected chi connectivity index (χ1v) is 6.49. The summed E-state index contributed by atoms with van der Waals surface area (Å²) < 4.78 is 11.2. The molecule has 3 heteroatoms. The molecule has 0 radical (unpaired) electrons. The Balaban J connectivity index is 2.50. The van der Waals surface area contributed by atoms with Crippen LogP contribution in [-0.2, 0) is 4.74 Å². The molecule has 0 saturated heterocycles. The summed E-state index contributed by atoms with van der Waals surface area (Å²) in [5.74, 6) is 6.72. The van der Waals surface area contributed by atoms with E-state index in [0.29, 0.717) is 19.8 Å². The molecule has 19 heavy (non-hydrogen) atoms. The maximum absolute atomic E-state index is 5.64. The van der Waals surface area contributed by atoms with Crippen molar-refractivity contribution in [1.82, 2.24) is 0 Å². The lowest BCUT2D eigenvalue weighted by molar-refractivity contribution is -0.0163. The molecule has 0 aliphatic heterocycles.